The van der Waals surface area contributed by atoms with E-state index in [2.05, 4.69) is 5.32 Å². The van der Waals surface area contributed by atoms with Gasteiger partial charge in [-0.1, -0.05) is 0 Å². The molecule has 0 saturated carbocycles. The molecule has 5 heteroatoms. The SMILES string of the molecule is Cc1cc(C(=O)Nc2cc(F)ccc2N)ccc1O. The Bertz CT molecular complexity index is 641. The van der Waals surface area contributed by atoms with E-state index in [9.17, 15) is 14.3 Å². The fourth-order valence-corrected chi connectivity index (χ4v) is 1.63. The molecule has 98 valence electrons. The molecule has 0 saturated heterocycles. The third-order valence-corrected chi connectivity index (χ3v) is 2.72. The van der Waals surface area contributed by atoms with Gasteiger partial charge in [-0.2, -0.15) is 0 Å². The summed E-state index contributed by atoms with van der Waals surface area (Å²) in [6, 6.07) is 8.20. The maximum atomic E-state index is 13.1. The van der Waals surface area contributed by atoms with Crippen molar-refractivity contribution in [3.63, 3.8) is 0 Å². The van der Waals surface area contributed by atoms with Crippen LogP contribution in [-0.2, 0) is 0 Å². The molecule has 0 atom stereocenters. The summed E-state index contributed by atoms with van der Waals surface area (Å²) in [7, 11) is 0. The van der Waals surface area contributed by atoms with Gasteiger partial charge in [-0.25, -0.2) is 4.39 Å². The number of anilines is 2. The second-order valence-electron chi connectivity index (χ2n) is 4.19. The Balaban J connectivity index is 2.25. The van der Waals surface area contributed by atoms with Gasteiger partial charge in [0.05, 0.1) is 11.4 Å². The van der Waals surface area contributed by atoms with Gasteiger partial charge in [0.1, 0.15) is 11.6 Å². The fourth-order valence-electron chi connectivity index (χ4n) is 1.63. The molecule has 2 aromatic rings. The number of nitrogen functional groups attached to an aromatic ring is 1. The van der Waals surface area contributed by atoms with E-state index in [-0.39, 0.29) is 17.1 Å². The number of benzene rings is 2. The normalized spacial score (nSPS) is 10.2. The first kappa shape index (κ1) is 12.9. The van der Waals surface area contributed by atoms with Gasteiger partial charge in [-0.15, -0.1) is 0 Å². The lowest BCUT2D eigenvalue weighted by molar-refractivity contribution is 0.102. The number of nitrogens with two attached hydrogens (primary N) is 1. The number of amides is 1. The van der Waals surface area contributed by atoms with Crippen molar-refractivity contribution in [1.29, 1.82) is 0 Å². The first-order valence-electron chi connectivity index (χ1n) is 5.63. The summed E-state index contributed by atoms with van der Waals surface area (Å²) in [5, 5.41) is 11.9. The number of nitrogens with one attached hydrogen (secondary N) is 1. The number of halogens is 1. The number of hydrogen-bond donors (Lipinski definition) is 3. The second kappa shape index (κ2) is 4.97. The highest BCUT2D eigenvalue weighted by atomic mass is 19.1. The summed E-state index contributed by atoms with van der Waals surface area (Å²) in [6.45, 7) is 1.68. The zero-order valence-corrected chi connectivity index (χ0v) is 10.3. The Morgan fingerprint density at radius 3 is 2.68 bits per heavy atom. The van der Waals surface area contributed by atoms with Crippen LogP contribution in [0.5, 0.6) is 5.75 Å². The summed E-state index contributed by atoms with van der Waals surface area (Å²) in [4.78, 5) is 12.0. The molecule has 0 aliphatic heterocycles. The standard InChI is InChI=1S/C14H13FN2O2/c1-8-6-9(2-5-13(8)18)14(19)17-12-7-10(15)3-4-11(12)16/h2-7,18H,16H2,1H3,(H,17,19). The van der Waals surface area contributed by atoms with Crippen LogP contribution in [0.3, 0.4) is 0 Å². The summed E-state index contributed by atoms with van der Waals surface area (Å²) in [6.07, 6.45) is 0. The van der Waals surface area contributed by atoms with Crippen LogP contribution in [0.1, 0.15) is 15.9 Å². The average Bonchev–Trinajstić information content (AvgIpc) is 2.37. The van der Waals surface area contributed by atoms with Crippen molar-refractivity contribution in [2.45, 2.75) is 6.92 Å². The lowest BCUT2D eigenvalue weighted by Gasteiger charge is -2.09. The van der Waals surface area contributed by atoms with Gasteiger partial charge in [0.25, 0.3) is 5.91 Å². The van der Waals surface area contributed by atoms with E-state index in [1.807, 2.05) is 0 Å². The molecular formula is C14H13FN2O2. The molecule has 0 heterocycles. The largest absolute Gasteiger partial charge is 0.508 e. The minimum atomic E-state index is -0.480. The summed E-state index contributed by atoms with van der Waals surface area (Å²) in [5.74, 6) is -0.784. The summed E-state index contributed by atoms with van der Waals surface area (Å²) >= 11 is 0. The summed E-state index contributed by atoms with van der Waals surface area (Å²) < 4.78 is 13.1. The molecule has 4 nitrogen and oxygen atoms in total. The quantitative estimate of drug-likeness (QED) is 0.727. The van der Waals surface area contributed by atoms with Gasteiger partial charge >= 0.3 is 0 Å². The van der Waals surface area contributed by atoms with E-state index in [1.165, 1.54) is 24.3 Å². The topological polar surface area (TPSA) is 75.4 Å². The van der Waals surface area contributed by atoms with Crippen molar-refractivity contribution in [1.82, 2.24) is 0 Å². The van der Waals surface area contributed by atoms with E-state index < -0.39 is 11.7 Å². The molecule has 0 aromatic heterocycles. The third-order valence-electron chi connectivity index (χ3n) is 2.72. The highest BCUT2D eigenvalue weighted by Gasteiger charge is 2.10. The maximum absolute atomic E-state index is 13.1. The summed E-state index contributed by atoms with van der Waals surface area (Å²) in [5.41, 5.74) is 7.09. The Morgan fingerprint density at radius 1 is 1.26 bits per heavy atom. The average molecular weight is 260 g/mol. The van der Waals surface area contributed by atoms with Crippen LogP contribution in [0.15, 0.2) is 36.4 Å². The zero-order valence-electron chi connectivity index (χ0n) is 10.3. The number of phenols is 1. The molecule has 0 bridgehead atoms. The molecule has 0 aliphatic carbocycles. The number of carbonyl (C=O) groups excluding carboxylic acids is 1. The smallest absolute Gasteiger partial charge is 0.255 e. The van der Waals surface area contributed by atoms with Crippen LogP contribution >= 0.6 is 0 Å². The van der Waals surface area contributed by atoms with Crippen molar-refractivity contribution >= 4 is 17.3 Å². The number of rotatable bonds is 2. The lowest BCUT2D eigenvalue weighted by atomic mass is 10.1. The van der Waals surface area contributed by atoms with E-state index in [0.29, 0.717) is 11.1 Å². The van der Waals surface area contributed by atoms with Gasteiger partial charge in [-0.05, 0) is 48.9 Å². The predicted octanol–water partition coefficient (Wildman–Crippen LogP) is 2.67. The molecule has 1 amide bonds. The number of carbonyl (C=O) groups is 1. The van der Waals surface area contributed by atoms with Crippen LogP contribution in [-0.4, -0.2) is 11.0 Å². The molecule has 2 rings (SSSR count). The molecule has 0 unspecified atom stereocenters. The van der Waals surface area contributed by atoms with Crippen molar-refractivity contribution in [3.8, 4) is 5.75 Å². The Hall–Kier alpha value is -2.56. The minimum Gasteiger partial charge on any atom is -0.508 e. The molecule has 0 aliphatic rings. The van der Waals surface area contributed by atoms with Crippen LogP contribution in [0, 0.1) is 12.7 Å². The number of phenolic OH excluding ortho intramolecular Hbond substituents is 1. The molecule has 0 fully saturated rings. The van der Waals surface area contributed by atoms with Crippen LogP contribution in [0.4, 0.5) is 15.8 Å². The van der Waals surface area contributed by atoms with Crippen molar-refractivity contribution < 1.29 is 14.3 Å². The highest BCUT2D eigenvalue weighted by Crippen LogP contribution is 2.21. The molecular weight excluding hydrogens is 247 g/mol. The minimum absolute atomic E-state index is 0.113. The van der Waals surface area contributed by atoms with E-state index in [4.69, 9.17) is 5.73 Å². The molecule has 4 N–H and O–H groups in total. The van der Waals surface area contributed by atoms with E-state index in [0.717, 1.165) is 6.07 Å². The van der Waals surface area contributed by atoms with Gasteiger partial charge < -0.3 is 16.2 Å². The Morgan fingerprint density at radius 2 is 2.00 bits per heavy atom. The molecule has 0 radical (unpaired) electrons. The van der Waals surface area contributed by atoms with Crippen LogP contribution in [0.25, 0.3) is 0 Å². The van der Waals surface area contributed by atoms with Crippen molar-refractivity contribution in [3.05, 3.63) is 53.3 Å². The van der Waals surface area contributed by atoms with Crippen molar-refractivity contribution in [2.24, 2.45) is 0 Å². The molecule has 0 spiro atoms. The van der Waals surface area contributed by atoms with Crippen LogP contribution < -0.4 is 11.1 Å². The highest BCUT2D eigenvalue weighted by molar-refractivity contribution is 6.05. The van der Waals surface area contributed by atoms with E-state index >= 15 is 0 Å². The van der Waals surface area contributed by atoms with Gasteiger partial charge in [0, 0.05) is 5.56 Å². The monoisotopic (exact) mass is 260 g/mol. The van der Waals surface area contributed by atoms with E-state index in [1.54, 1.807) is 13.0 Å². The maximum Gasteiger partial charge on any atom is 0.255 e. The molecule has 19 heavy (non-hydrogen) atoms. The van der Waals surface area contributed by atoms with Crippen LogP contribution in [0.2, 0.25) is 0 Å². The second-order valence-corrected chi connectivity index (χ2v) is 4.19. The number of aromatic hydroxyl groups is 1. The Labute approximate surface area is 109 Å². The first-order chi connectivity index (χ1) is 8.97. The fraction of sp³-hybridized carbons (Fsp3) is 0.0714. The third kappa shape index (κ3) is 2.82. The molecule has 2 aromatic carbocycles. The van der Waals surface area contributed by atoms with Crippen molar-refractivity contribution in [2.75, 3.05) is 11.1 Å². The van der Waals surface area contributed by atoms with Gasteiger partial charge in [-0.3, -0.25) is 4.79 Å². The number of aryl methyl sites for hydroxylation is 1. The lowest BCUT2D eigenvalue weighted by Crippen LogP contribution is -2.13. The number of hydrogen-bond acceptors (Lipinski definition) is 3. The zero-order chi connectivity index (χ0) is 14.0. The predicted molar refractivity (Wildman–Crippen MR) is 71.6 cm³/mol. The Kier molecular flexibility index (Phi) is 3.37. The van der Waals surface area contributed by atoms with Gasteiger partial charge in [0.2, 0.25) is 0 Å². The first-order valence-corrected chi connectivity index (χ1v) is 5.63. The van der Waals surface area contributed by atoms with Gasteiger partial charge in [0.15, 0.2) is 0 Å².